The Morgan fingerprint density at radius 3 is 2.61 bits per heavy atom. The number of nitrogens with zero attached hydrogens (tertiary/aromatic N) is 3. The van der Waals surface area contributed by atoms with Crippen LogP contribution in [0.5, 0.6) is 0 Å². The number of aryl methyl sites for hydroxylation is 1. The Hall–Kier alpha value is -3.17. The second-order valence-electron chi connectivity index (χ2n) is 5.67. The molecule has 0 aliphatic carbocycles. The summed E-state index contributed by atoms with van der Waals surface area (Å²) < 4.78 is 0. The first-order chi connectivity index (χ1) is 13.4. The Balaban J connectivity index is 1.63. The lowest BCUT2D eigenvalue weighted by Gasteiger charge is -2.03. The molecule has 10 heteroatoms. The lowest BCUT2D eigenvalue weighted by molar-refractivity contribution is -0.384. The van der Waals surface area contributed by atoms with Crippen molar-refractivity contribution in [2.45, 2.75) is 12.8 Å². The van der Waals surface area contributed by atoms with Gasteiger partial charge in [0.05, 0.1) is 15.5 Å². The van der Waals surface area contributed by atoms with E-state index in [9.17, 15) is 19.7 Å². The third-order valence-electron chi connectivity index (χ3n) is 3.75. The molecule has 1 aromatic heterocycles. The van der Waals surface area contributed by atoms with Gasteiger partial charge in [0, 0.05) is 30.5 Å². The zero-order chi connectivity index (χ0) is 20.1. The van der Waals surface area contributed by atoms with E-state index in [4.69, 9.17) is 11.6 Å². The van der Waals surface area contributed by atoms with Gasteiger partial charge in [-0.2, -0.15) is 0 Å². The molecule has 8 nitrogen and oxygen atoms in total. The summed E-state index contributed by atoms with van der Waals surface area (Å²) in [6, 6.07) is 12.5. The van der Waals surface area contributed by atoms with Gasteiger partial charge in [-0.25, -0.2) is 0 Å². The van der Waals surface area contributed by atoms with Gasteiger partial charge in [-0.1, -0.05) is 53.3 Å². The highest BCUT2D eigenvalue weighted by Gasteiger charge is 2.18. The largest absolute Gasteiger partial charge is 0.296 e. The summed E-state index contributed by atoms with van der Waals surface area (Å²) in [6.07, 6.45) is 0.655. The minimum atomic E-state index is -0.628. The molecule has 142 valence electrons. The van der Waals surface area contributed by atoms with Crippen molar-refractivity contribution < 1.29 is 14.5 Å². The van der Waals surface area contributed by atoms with E-state index in [0.717, 1.165) is 17.4 Å². The number of anilines is 1. The highest BCUT2D eigenvalue weighted by atomic mass is 35.5. The summed E-state index contributed by atoms with van der Waals surface area (Å²) in [6.45, 7) is 0. The van der Waals surface area contributed by atoms with Crippen LogP contribution in [0, 0.1) is 10.1 Å². The van der Waals surface area contributed by atoms with Crippen LogP contribution in [0.15, 0.2) is 48.5 Å². The normalized spacial score (nSPS) is 10.5. The van der Waals surface area contributed by atoms with Gasteiger partial charge in [-0.3, -0.25) is 25.0 Å². The highest BCUT2D eigenvalue weighted by Crippen LogP contribution is 2.24. The molecule has 2 aromatic carbocycles. The van der Waals surface area contributed by atoms with Crippen molar-refractivity contribution in [2.75, 3.05) is 5.32 Å². The molecule has 28 heavy (non-hydrogen) atoms. The van der Waals surface area contributed by atoms with Gasteiger partial charge >= 0.3 is 0 Å². The van der Waals surface area contributed by atoms with Crippen LogP contribution in [0.2, 0.25) is 5.02 Å². The van der Waals surface area contributed by atoms with Crippen LogP contribution < -0.4 is 5.32 Å². The van der Waals surface area contributed by atoms with E-state index in [1.807, 2.05) is 6.07 Å². The average molecular weight is 417 g/mol. The standard InChI is InChI=1S/C18H13ClN4O4S/c19-14-7-6-12(23(26)27)10-13(14)17(25)20-18-22-21-16(28-18)9-8-15(24)11-4-2-1-3-5-11/h1-7,10H,8-9H2,(H,20,22,25). The second kappa shape index (κ2) is 8.68. The molecule has 0 aliphatic rings. The van der Waals surface area contributed by atoms with Gasteiger partial charge in [0.1, 0.15) is 5.01 Å². The Labute approximate surface area is 168 Å². The Morgan fingerprint density at radius 2 is 1.89 bits per heavy atom. The summed E-state index contributed by atoms with van der Waals surface area (Å²) in [5.41, 5.74) is 0.347. The number of hydrogen-bond donors (Lipinski definition) is 1. The van der Waals surface area contributed by atoms with E-state index in [-0.39, 0.29) is 33.6 Å². The van der Waals surface area contributed by atoms with Gasteiger partial charge < -0.3 is 0 Å². The smallest absolute Gasteiger partial charge is 0.270 e. The van der Waals surface area contributed by atoms with E-state index in [1.165, 1.54) is 12.1 Å². The minimum Gasteiger partial charge on any atom is -0.296 e. The molecule has 0 spiro atoms. The number of Topliss-reactive ketones (excluding diaryl/α,β-unsaturated/α-hetero) is 1. The van der Waals surface area contributed by atoms with Gasteiger partial charge in [-0.15, -0.1) is 10.2 Å². The minimum absolute atomic E-state index is 0.00948. The lowest BCUT2D eigenvalue weighted by Crippen LogP contribution is -2.12. The molecule has 3 aromatic rings. The van der Waals surface area contributed by atoms with Crippen molar-refractivity contribution in [3.63, 3.8) is 0 Å². The van der Waals surface area contributed by atoms with Crippen molar-refractivity contribution in [2.24, 2.45) is 0 Å². The molecule has 0 bridgehead atoms. The number of amides is 1. The second-order valence-corrected chi connectivity index (χ2v) is 7.13. The van der Waals surface area contributed by atoms with Crippen molar-refractivity contribution in [1.29, 1.82) is 0 Å². The number of aromatic nitrogens is 2. The third-order valence-corrected chi connectivity index (χ3v) is 4.98. The third kappa shape index (κ3) is 4.76. The SMILES string of the molecule is O=C(CCc1nnc(NC(=O)c2cc([N+](=O)[O-])ccc2Cl)s1)c1ccccc1. The quantitative estimate of drug-likeness (QED) is 0.351. The van der Waals surface area contributed by atoms with E-state index in [0.29, 0.717) is 17.0 Å². The number of benzene rings is 2. The van der Waals surface area contributed by atoms with E-state index in [2.05, 4.69) is 15.5 Å². The van der Waals surface area contributed by atoms with Crippen LogP contribution in [0.25, 0.3) is 0 Å². The summed E-state index contributed by atoms with van der Waals surface area (Å²) in [4.78, 5) is 34.7. The zero-order valence-corrected chi connectivity index (χ0v) is 15.9. The number of carbonyl (C=O) groups excluding carboxylic acids is 2. The fourth-order valence-electron chi connectivity index (χ4n) is 2.36. The van der Waals surface area contributed by atoms with Crippen LogP contribution >= 0.6 is 22.9 Å². The maximum Gasteiger partial charge on any atom is 0.270 e. The molecule has 1 N–H and O–H groups in total. The summed E-state index contributed by atoms with van der Waals surface area (Å²) >= 11 is 7.08. The number of nitro benzene ring substituents is 1. The zero-order valence-electron chi connectivity index (χ0n) is 14.3. The number of ketones is 1. The summed E-state index contributed by atoms with van der Waals surface area (Å²) in [5, 5.41) is 22.1. The number of nitro groups is 1. The molecule has 0 unspecified atom stereocenters. The van der Waals surface area contributed by atoms with Crippen LogP contribution in [-0.2, 0) is 6.42 Å². The molecular formula is C18H13ClN4O4S. The van der Waals surface area contributed by atoms with Crippen molar-refractivity contribution in [3.05, 3.63) is 79.8 Å². The molecular weight excluding hydrogens is 404 g/mol. The van der Waals surface area contributed by atoms with Crippen molar-refractivity contribution in [3.8, 4) is 0 Å². The highest BCUT2D eigenvalue weighted by molar-refractivity contribution is 7.15. The first-order valence-electron chi connectivity index (χ1n) is 8.10. The maximum atomic E-state index is 12.3. The molecule has 0 atom stereocenters. The lowest BCUT2D eigenvalue weighted by atomic mass is 10.1. The van der Waals surface area contributed by atoms with Crippen LogP contribution in [0.1, 0.15) is 32.1 Å². The van der Waals surface area contributed by atoms with Gasteiger partial charge in [0.15, 0.2) is 5.78 Å². The molecule has 0 aliphatic heterocycles. The molecule has 0 radical (unpaired) electrons. The van der Waals surface area contributed by atoms with Gasteiger partial charge in [-0.05, 0) is 6.07 Å². The predicted molar refractivity (Wildman–Crippen MR) is 105 cm³/mol. The first kappa shape index (κ1) is 19.6. The number of nitrogens with one attached hydrogen (secondary N) is 1. The fourth-order valence-corrected chi connectivity index (χ4v) is 3.30. The topological polar surface area (TPSA) is 115 Å². The number of hydrogen-bond acceptors (Lipinski definition) is 7. The molecule has 0 fully saturated rings. The molecule has 0 saturated heterocycles. The number of non-ortho nitro benzene ring substituents is 1. The van der Waals surface area contributed by atoms with E-state index >= 15 is 0 Å². The Bertz CT molecular complexity index is 1040. The molecule has 1 heterocycles. The predicted octanol–water partition coefficient (Wildman–Crippen LogP) is 4.17. The Morgan fingerprint density at radius 1 is 1.14 bits per heavy atom. The van der Waals surface area contributed by atoms with Crippen LogP contribution in [-0.4, -0.2) is 26.8 Å². The van der Waals surface area contributed by atoms with Crippen molar-refractivity contribution >= 4 is 45.4 Å². The number of carbonyl (C=O) groups is 2. The van der Waals surface area contributed by atoms with Crippen LogP contribution in [0.4, 0.5) is 10.8 Å². The van der Waals surface area contributed by atoms with Gasteiger partial charge in [0.2, 0.25) is 5.13 Å². The fraction of sp³-hybridized carbons (Fsp3) is 0.111. The monoisotopic (exact) mass is 416 g/mol. The first-order valence-corrected chi connectivity index (χ1v) is 9.29. The maximum absolute atomic E-state index is 12.3. The summed E-state index contributed by atoms with van der Waals surface area (Å²) in [5.74, 6) is -0.637. The van der Waals surface area contributed by atoms with E-state index < -0.39 is 10.8 Å². The summed E-state index contributed by atoms with van der Waals surface area (Å²) in [7, 11) is 0. The van der Waals surface area contributed by atoms with Crippen LogP contribution in [0.3, 0.4) is 0 Å². The molecule has 3 rings (SSSR count). The van der Waals surface area contributed by atoms with Crippen molar-refractivity contribution in [1.82, 2.24) is 10.2 Å². The van der Waals surface area contributed by atoms with Gasteiger partial charge in [0.25, 0.3) is 11.6 Å². The Kier molecular flexibility index (Phi) is 6.07. The molecule has 0 saturated carbocycles. The number of rotatable bonds is 7. The average Bonchev–Trinajstić information content (AvgIpc) is 3.14. The molecule has 1 amide bonds. The van der Waals surface area contributed by atoms with E-state index in [1.54, 1.807) is 24.3 Å². The number of halogens is 1.